The third-order valence-electron chi connectivity index (χ3n) is 5.25. The highest BCUT2D eigenvalue weighted by Crippen LogP contribution is 2.14. The fourth-order valence-electron chi connectivity index (χ4n) is 3.62. The van der Waals surface area contributed by atoms with Crippen LogP contribution >= 0.6 is 24.0 Å². The molecule has 1 aliphatic heterocycles. The van der Waals surface area contributed by atoms with Gasteiger partial charge in [-0.25, -0.2) is 0 Å². The van der Waals surface area contributed by atoms with Crippen molar-refractivity contribution in [3.05, 3.63) is 47.5 Å². The number of guanidine groups is 1. The molecule has 1 unspecified atom stereocenters. The van der Waals surface area contributed by atoms with Gasteiger partial charge < -0.3 is 19.9 Å². The Bertz CT molecular complexity index is 780. The minimum Gasteiger partial charge on any atom is -0.376 e. The molecule has 31 heavy (non-hydrogen) atoms. The summed E-state index contributed by atoms with van der Waals surface area (Å²) in [6, 6.07) is 10.3. The second kappa shape index (κ2) is 14.4. The molecule has 1 atom stereocenters. The summed E-state index contributed by atoms with van der Waals surface area (Å²) in [5, 5.41) is 15.6. The summed E-state index contributed by atoms with van der Waals surface area (Å²) in [4.78, 5) is 4.73. The van der Waals surface area contributed by atoms with Crippen LogP contribution in [0.15, 0.2) is 35.3 Å². The zero-order valence-corrected chi connectivity index (χ0v) is 21.2. The molecule has 0 radical (unpaired) electrons. The summed E-state index contributed by atoms with van der Waals surface area (Å²) in [6.07, 6.45) is 5.63. The van der Waals surface area contributed by atoms with Gasteiger partial charge in [-0.1, -0.05) is 43.7 Å². The first kappa shape index (κ1) is 25.6. The Kier molecular flexibility index (Phi) is 11.9. The fourth-order valence-corrected chi connectivity index (χ4v) is 3.62. The number of halogens is 1. The van der Waals surface area contributed by atoms with Crippen LogP contribution in [0.4, 0.5) is 0 Å². The van der Waals surface area contributed by atoms with Gasteiger partial charge in [0.05, 0.1) is 13.2 Å². The Labute approximate surface area is 203 Å². The zero-order valence-electron chi connectivity index (χ0n) is 18.8. The van der Waals surface area contributed by atoms with Gasteiger partial charge in [-0.2, -0.15) is 0 Å². The van der Waals surface area contributed by atoms with E-state index in [4.69, 9.17) is 9.73 Å². The minimum atomic E-state index is 0. The molecule has 7 nitrogen and oxygen atoms in total. The van der Waals surface area contributed by atoms with Gasteiger partial charge in [-0.15, -0.1) is 34.2 Å². The molecule has 3 rings (SSSR count). The summed E-state index contributed by atoms with van der Waals surface area (Å²) in [5.41, 5.74) is 1.20. The Hall–Kier alpha value is -1.68. The Morgan fingerprint density at radius 2 is 2.00 bits per heavy atom. The largest absolute Gasteiger partial charge is 0.376 e. The van der Waals surface area contributed by atoms with E-state index in [2.05, 4.69) is 51.4 Å². The smallest absolute Gasteiger partial charge is 0.191 e. The molecule has 0 bridgehead atoms. The van der Waals surface area contributed by atoms with E-state index < -0.39 is 0 Å². The molecule has 2 aromatic rings. The highest BCUT2D eigenvalue weighted by Gasteiger charge is 2.14. The lowest BCUT2D eigenvalue weighted by Crippen LogP contribution is -2.39. The van der Waals surface area contributed by atoms with Gasteiger partial charge in [0.25, 0.3) is 0 Å². The van der Waals surface area contributed by atoms with Crippen molar-refractivity contribution in [1.29, 1.82) is 0 Å². The number of benzene rings is 1. The van der Waals surface area contributed by atoms with Crippen molar-refractivity contribution in [3.8, 4) is 0 Å². The van der Waals surface area contributed by atoms with Crippen molar-refractivity contribution < 1.29 is 4.74 Å². The summed E-state index contributed by atoms with van der Waals surface area (Å²) < 4.78 is 8.15. The number of aromatic nitrogens is 3. The van der Waals surface area contributed by atoms with E-state index in [1.54, 1.807) is 0 Å². The van der Waals surface area contributed by atoms with Crippen LogP contribution < -0.4 is 10.6 Å². The van der Waals surface area contributed by atoms with Crippen LogP contribution in [-0.2, 0) is 30.7 Å². The number of aliphatic imine (C=N–C) groups is 1. The zero-order chi connectivity index (χ0) is 21.0. The van der Waals surface area contributed by atoms with Crippen LogP contribution in [-0.4, -0.2) is 47.0 Å². The van der Waals surface area contributed by atoms with Crippen LogP contribution in [0.25, 0.3) is 0 Å². The molecule has 0 fully saturated rings. The van der Waals surface area contributed by atoms with E-state index >= 15 is 0 Å². The molecular weight excluding hydrogens is 503 g/mol. The minimum absolute atomic E-state index is 0. The number of nitrogens with one attached hydrogen (secondary N) is 2. The van der Waals surface area contributed by atoms with E-state index in [0.717, 1.165) is 56.6 Å². The maximum absolute atomic E-state index is 5.84. The fraction of sp³-hybridized carbons (Fsp3) is 0.609. The van der Waals surface area contributed by atoms with Crippen molar-refractivity contribution in [2.45, 2.75) is 59.1 Å². The molecule has 8 heteroatoms. The first-order valence-corrected chi connectivity index (χ1v) is 11.3. The monoisotopic (exact) mass is 540 g/mol. The van der Waals surface area contributed by atoms with Crippen molar-refractivity contribution in [2.24, 2.45) is 10.9 Å². The van der Waals surface area contributed by atoms with Gasteiger partial charge in [0, 0.05) is 39.0 Å². The average Bonchev–Trinajstić information content (AvgIpc) is 2.99. The molecule has 0 saturated carbocycles. The highest BCUT2D eigenvalue weighted by atomic mass is 127. The Morgan fingerprint density at radius 3 is 2.81 bits per heavy atom. The molecule has 0 aliphatic carbocycles. The van der Waals surface area contributed by atoms with Crippen LogP contribution in [0, 0.1) is 5.92 Å². The number of fused-ring (bicyclic) bond motifs is 1. The lowest BCUT2D eigenvalue weighted by molar-refractivity contribution is 0.0945. The second-order valence-electron chi connectivity index (χ2n) is 8.00. The van der Waals surface area contributed by atoms with Gasteiger partial charge in [0.2, 0.25) is 0 Å². The number of rotatable bonds is 10. The molecule has 0 saturated heterocycles. The van der Waals surface area contributed by atoms with Gasteiger partial charge in [0.15, 0.2) is 5.96 Å². The number of hydrogen-bond donors (Lipinski definition) is 2. The topological polar surface area (TPSA) is 76.4 Å². The SMILES string of the molecule is CCNC(=NCC(C)COCc1ccccc1)NCCc1nnc2n1CCCCC2.I. The van der Waals surface area contributed by atoms with Crippen LogP contribution in [0.2, 0.25) is 0 Å². The molecular formula is C23H37IN6O. The molecule has 0 amide bonds. The predicted molar refractivity (Wildman–Crippen MR) is 136 cm³/mol. The number of aryl methyl sites for hydroxylation is 1. The maximum Gasteiger partial charge on any atom is 0.191 e. The molecule has 1 aliphatic rings. The van der Waals surface area contributed by atoms with Crippen molar-refractivity contribution in [2.75, 3.05) is 26.2 Å². The van der Waals surface area contributed by atoms with Gasteiger partial charge in [-0.05, 0) is 31.2 Å². The third kappa shape index (κ3) is 8.76. The van der Waals surface area contributed by atoms with Crippen molar-refractivity contribution >= 4 is 29.9 Å². The van der Waals surface area contributed by atoms with Crippen molar-refractivity contribution in [1.82, 2.24) is 25.4 Å². The van der Waals surface area contributed by atoms with Crippen molar-refractivity contribution in [3.63, 3.8) is 0 Å². The molecule has 1 aromatic carbocycles. The molecule has 1 aromatic heterocycles. The molecule has 2 heterocycles. The second-order valence-corrected chi connectivity index (χ2v) is 8.00. The van der Waals surface area contributed by atoms with E-state index in [0.29, 0.717) is 19.1 Å². The van der Waals surface area contributed by atoms with E-state index in [1.807, 2.05) is 18.2 Å². The van der Waals surface area contributed by atoms with Gasteiger partial charge >= 0.3 is 0 Å². The van der Waals surface area contributed by atoms with Gasteiger partial charge in [-0.3, -0.25) is 4.99 Å². The number of nitrogens with zero attached hydrogens (tertiary/aromatic N) is 4. The average molecular weight is 540 g/mol. The number of hydrogen-bond acceptors (Lipinski definition) is 4. The summed E-state index contributed by atoms with van der Waals surface area (Å²) in [5.74, 6) is 3.43. The first-order chi connectivity index (χ1) is 14.8. The van der Waals surface area contributed by atoms with Crippen LogP contribution in [0.1, 0.15) is 50.3 Å². The van der Waals surface area contributed by atoms with E-state index in [-0.39, 0.29) is 24.0 Å². The quantitative estimate of drug-likeness (QED) is 0.274. The Balaban J connectivity index is 0.00000341. The lowest BCUT2D eigenvalue weighted by Gasteiger charge is -2.14. The van der Waals surface area contributed by atoms with E-state index in [9.17, 15) is 0 Å². The third-order valence-corrected chi connectivity index (χ3v) is 5.25. The summed E-state index contributed by atoms with van der Waals surface area (Å²) in [6.45, 7) is 9.01. The highest BCUT2D eigenvalue weighted by molar-refractivity contribution is 14.0. The predicted octanol–water partition coefficient (Wildman–Crippen LogP) is 3.57. The van der Waals surface area contributed by atoms with Gasteiger partial charge in [0.1, 0.15) is 11.6 Å². The first-order valence-electron chi connectivity index (χ1n) is 11.3. The molecule has 0 spiro atoms. The Morgan fingerprint density at radius 1 is 1.16 bits per heavy atom. The van der Waals surface area contributed by atoms with E-state index in [1.165, 1.54) is 24.8 Å². The normalized spacial score (nSPS) is 14.8. The summed E-state index contributed by atoms with van der Waals surface area (Å²) in [7, 11) is 0. The maximum atomic E-state index is 5.84. The van der Waals surface area contributed by atoms with Crippen LogP contribution in [0.5, 0.6) is 0 Å². The lowest BCUT2D eigenvalue weighted by atomic mass is 10.2. The molecule has 172 valence electrons. The number of ether oxygens (including phenoxy) is 1. The summed E-state index contributed by atoms with van der Waals surface area (Å²) >= 11 is 0. The van der Waals surface area contributed by atoms with Crippen LogP contribution in [0.3, 0.4) is 0 Å². The molecule has 2 N–H and O–H groups in total. The standard InChI is InChI=1S/C23H36N6O.HI/c1-3-24-23(26-16-19(2)17-30-18-20-10-6-4-7-11-20)25-14-13-22-28-27-21-12-8-5-9-15-29(21)22;/h4,6-7,10-11,19H,3,5,8-9,12-18H2,1-2H3,(H2,24,25,26);1H.